The first kappa shape index (κ1) is 31.1. The van der Waals surface area contributed by atoms with E-state index in [-0.39, 0.29) is 5.41 Å². The molecule has 0 aliphatic heterocycles. The lowest BCUT2D eigenvalue weighted by Crippen LogP contribution is -2.15. The number of hydrogen-bond acceptors (Lipinski definition) is 3. The van der Waals surface area contributed by atoms with E-state index in [4.69, 9.17) is 9.97 Å². The predicted molar refractivity (Wildman–Crippen MR) is 229 cm³/mol. The molecule has 0 atom stereocenters. The van der Waals surface area contributed by atoms with E-state index in [9.17, 15) is 0 Å². The van der Waals surface area contributed by atoms with Crippen LogP contribution in [0.25, 0.3) is 97.9 Å². The molecule has 0 fully saturated rings. The summed E-state index contributed by atoms with van der Waals surface area (Å²) in [6.45, 7) is 4.73. The molecule has 0 radical (unpaired) electrons. The third kappa shape index (κ3) is 4.79. The molecule has 3 heteroatoms. The Bertz CT molecular complexity index is 3130. The maximum absolute atomic E-state index is 5.32. The van der Waals surface area contributed by atoms with E-state index in [0.717, 1.165) is 39.3 Å². The second-order valence-corrected chi connectivity index (χ2v) is 16.1. The van der Waals surface area contributed by atoms with Crippen LogP contribution in [0.2, 0.25) is 0 Å². The highest BCUT2D eigenvalue weighted by Gasteiger charge is 2.36. The lowest BCUT2D eigenvalue weighted by molar-refractivity contribution is 0.661. The zero-order chi connectivity index (χ0) is 36.0. The van der Waals surface area contributed by atoms with Crippen LogP contribution in [0.4, 0.5) is 0 Å². The number of hydrogen-bond donors (Lipinski definition) is 0. The van der Waals surface area contributed by atoms with Gasteiger partial charge in [-0.3, -0.25) is 0 Å². The second-order valence-electron chi connectivity index (χ2n) is 15.0. The maximum Gasteiger partial charge on any atom is 0.161 e. The van der Waals surface area contributed by atoms with Gasteiger partial charge in [-0.25, -0.2) is 9.97 Å². The number of thiophene rings is 1. The van der Waals surface area contributed by atoms with Crippen molar-refractivity contribution in [3.05, 3.63) is 181 Å². The standard InChI is InChI=1S/C51H34N2S/c1-51(2)44-28-34(20-22-39(44)43-26-32-14-6-7-15-33(32)27-45(43)51)36-24-25-42(38-17-9-8-16-37(36)38)50-52-46(31-12-4-3-5-13-31)30-47(53-50)35-21-23-41-40-18-10-11-19-48(40)54-49(41)29-35/h3-30H,1-2H3. The summed E-state index contributed by atoms with van der Waals surface area (Å²) in [6.07, 6.45) is 0. The molecule has 2 heterocycles. The van der Waals surface area contributed by atoms with Gasteiger partial charge in [0.1, 0.15) is 0 Å². The van der Waals surface area contributed by atoms with E-state index < -0.39 is 0 Å². The molecule has 0 N–H and O–H groups in total. The highest BCUT2D eigenvalue weighted by Crippen LogP contribution is 2.51. The number of fused-ring (bicyclic) bond motifs is 8. The highest BCUT2D eigenvalue weighted by molar-refractivity contribution is 7.25. The molecule has 11 rings (SSSR count). The molecule has 0 amide bonds. The van der Waals surface area contributed by atoms with Gasteiger partial charge in [0.2, 0.25) is 0 Å². The number of aromatic nitrogens is 2. The smallest absolute Gasteiger partial charge is 0.161 e. The van der Waals surface area contributed by atoms with Crippen molar-refractivity contribution < 1.29 is 0 Å². The fraction of sp³-hybridized carbons (Fsp3) is 0.0588. The Morgan fingerprint density at radius 2 is 0.981 bits per heavy atom. The van der Waals surface area contributed by atoms with Gasteiger partial charge in [-0.05, 0) is 97.4 Å². The van der Waals surface area contributed by atoms with E-state index >= 15 is 0 Å². The Kier molecular flexibility index (Phi) is 6.80. The number of nitrogens with zero attached hydrogens (tertiary/aromatic N) is 2. The molecule has 1 aliphatic rings. The second kappa shape index (κ2) is 11.8. The molecular weight excluding hydrogens is 673 g/mol. The van der Waals surface area contributed by atoms with Gasteiger partial charge < -0.3 is 0 Å². The average Bonchev–Trinajstić information content (AvgIpc) is 3.70. The third-order valence-electron chi connectivity index (χ3n) is 11.5. The topological polar surface area (TPSA) is 25.8 Å². The van der Waals surface area contributed by atoms with E-state index in [1.807, 2.05) is 11.3 Å². The molecule has 54 heavy (non-hydrogen) atoms. The van der Waals surface area contributed by atoms with Crippen LogP contribution in [0.3, 0.4) is 0 Å². The minimum atomic E-state index is -0.110. The molecule has 254 valence electrons. The Morgan fingerprint density at radius 3 is 1.80 bits per heavy atom. The van der Waals surface area contributed by atoms with Crippen molar-refractivity contribution in [3.8, 4) is 56.2 Å². The first-order valence-electron chi connectivity index (χ1n) is 18.6. The molecule has 0 spiro atoms. The van der Waals surface area contributed by atoms with Gasteiger partial charge in [-0.1, -0.05) is 141 Å². The molecule has 0 saturated carbocycles. The molecule has 2 aromatic heterocycles. The van der Waals surface area contributed by atoms with Crippen molar-refractivity contribution in [3.63, 3.8) is 0 Å². The van der Waals surface area contributed by atoms with E-state index in [1.165, 1.54) is 69.7 Å². The van der Waals surface area contributed by atoms with Crippen LogP contribution in [-0.2, 0) is 5.41 Å². The lowest BCUT2D eigenvalue weighted by atomic mass is 9.81. The molecule has 1 aliphatic carbocycles. The zero-order valence-corrected chi connectivity index (χ0v) is 30.8. The highest BCUT2D eigenvalue weighted by atomic mass is 32.1. The predicted octanol–water partition coefficient (Wildman–Crippen LogP) is 14.1. The molecule has 0 saturated heterocycles. The molecular formula is C51H34N2S. The van der Waals surface area contributed by atoms with Crippen molar-refractivity contribution in [2.24, 2.45) is 0 Å². The van der Waals surface area contributed by atoms with Crippen LogP contribution in [-0.4, -0.2) is 9.97 Å². The number of benzene rings is 8. The van der Waals surface area contributed by atoms with E-state index in [1.54, 1.807) is 0 Å². The Hall–Kier alpha value is -6.42. The summed E-state index contributed by atoms with van der Waals surface area (Å²) in [4.78, 5) is 10.6. The summed E-state index contributed by atoms with van der Waals surface area (Å²) < 4.78 is 2.56. The molecule has 8 aromatic carbocycles. The number of rotatable bonds is 4. The summed E-state index contributed by atoms with van der Waals surface area (Å²) in [5.41, 5.74) is 12.8. The summed E-state index contributed by atoms with van der Waals surface area (Å²) in [7, 11) is 0. The SMILES string of the molecule is CC1(C)c2cc(-c3ccc(-c4nc(-c5ccccc5)cc(-c5ccc6c(c5)sc5ccccc56)n4)c4ccccc34)ccc2-c2cc3ccccc3cc21. The molecule has 10 aromatic rings. The largest absolute Gasteiger partial charge is 0.228 e. The summed E-state index contributed by atoms with van der Waals surface area (Å²) in [5, 5.41) is 7.49. The summed E-state index contributed by atoms with van der Waals surface area (Å²) >= 11 is 1.83. The van der Waals surface area contributed by atoms with Gasteiger partial charge in [0.15, 0.2) is 5.82 Å². The fourth-order valence-corrected chi connectivity index (χ4v) is 9.84. The minimum Gasteiger partial charge on any atom is -0.228 e. The lowest BCUT2D eigenvalue weighted by Gasteiger charge is -2.22. The van der Waals surface area contributed by atoms with Gasteiger partial charge >= 0.3 is 0 Å². The molecule has 0 unspecified atom stereocenters. The van der Waals surface area contributed by atoms with E-state index in [2.05, 4.69) is 184 Å². The monoisotopic (exact) mass is 706 g/mol. The van der Waals surface area contributed by atoms with Crippen molar-refractivity contribution in [1.29, 1.82) is 0 Å². The average molecular weight is 707 g/mol. The third-order valence-corrected chi connectivity index (χ3v) is 12.6. The van der Waals surface area contributed by atoms with Gasteiger partial charge in [-0.2, -0.15) is 0 Å². The van der Waals surface area contributed by atoms with Crippen LogP contribution in [0, 0.1) is 0 Å². The van der Waals surface area contributed by atoms with Crippen LogP contribution in [0.5, 0.6) is 0 Å². The van der Waals surface area contributed by atoms with Crippen LogP contribution >= 0.6 is 11.3 Å². The van der Waals surface area contributed by atoms with E-state index in [0.29, 0.717) is 0 Å². The Balaban J connectivity index is 1.06. The zero-order valence-electron chi connectivity index (χ0n) is 30.0. The van der Waals surface area contributed by atoms with Crippen molar-refractivity contribution in [2.75, 3.05) is 0 Å². The van der Waals surface area contributed by atoms with Crippen LogP contribution in [0.1, 0.15) is 25.0 Å². The van der Waals surface area contributed by atoms with Gasteiger partial charge in [0.25, 0.3) is 0 Å². The first-order valence-corrected chi connectivity index (χ1v) is 19.4. The first-order chi connectivity index (χ1) is 26.5. The normalized spacial score (nSPS) is 13.1. The fourth-order valence-electron chi connectivity index (χ4n) is 8.69. The van der Waals surface area contributed by atoms with Crippen molar-refractivity contribution >= 4 is 53.1 Å². The minimum absolute atomic E-state index is 0.110. The van der Waals surface area contributed by atoms with Gasteiger partial charge in [0, 0.05) is 42.3 Å². The quantitative estimate of drug-likeness (QED) is 0.182. The molecule has 2 nitrogen and oxygen atoms in total. The van der Waals surface area contributed by atoms with Gasteiger partial charge in [0.05, 0.1) is 11.4 Å². The van der Waals surface area contributed by atoms with Crippen molar-refractivity contribution in [2.45, 2.75) is 19.3 Å². The summed E-state index contributed by atoms with van der Waals surface area (Å²) in [5.74, 6) is 0.725. The Labute approximate surface area is 318 Å². The van der Waals surface area contributed by atoms with Crippen LogP contribution in [0.15, 0.2) is 170 Å². The Morgan fingerprint density at radius 1 is 0.389 bits per heavy atom. The maximum atomic E-state index is 5.32. The molecule has 0 bridgehead atoms. The van der Waals surface area contributed by atoms with Gasteiger partial charge in [-0.15, -0.1) is 11.3 Å². The van der Waals surface area contributed by atoms with Crippen LogP contribution < -0.4 is 0 Å². The summed E-state index contributed by atoms with van der Waals surface area (Å²) in [6, 6.07) is 61.7. The van der Waals surface area contributed by atoms with Crippen molar-refractivity contribution in [1.82, 2.24) is 9.97 Å².